The Labute approximate surface area is 270 Å². The fourth-order valence-corrected chi connectivity index (χ4v) is 9.24. The molecule has 9 nitrogen and oxygen atoms in total. The van der Waals surface area contributed by atoms with Crippen LogP contribution in [-0.4, -0.2) is 67.8 Å². The van der Waals surface area contributed by atoms with E-state index in [0.29, 0.717) is 11.5 Å². The lowest BCUT2D eigenvalue weighted by Crippen LogP contribution is -2.55. The van der Waals surface area contributed by atoms with E-state index in [4.69, 9.17) is 0 Å². The minimum atomic E-state index is -3.60. The first kappa shape index (κ1) is 32.0. The zero-order valence-corrected chi connectivity index (χ0v) is 27.0. The number of aromatic nitrogens is 2. The second-order valence-corrected chi connectivity index (χ2v) is 15.0. The molecule has 1 aliphatic carbocycles. The molecule has 1 aromatic heterocycles. The zero-order valence-electron chi connectivity index (χ0n) is 26.2. The molecule has 1 N–H and O–H groups in total. The van der Waals surface area contributed by atoms with Crippen molar-refractivity contribution in [2.24, 2.45) is 24.8 Å². The Balaban J connectivity index is 1.08. The second kappa shape index (κ2) is 13.0. The van der Waals surface area contributed by atoms with Crippen molar-refractivity contribution in [3.63, 3.8) is 0 Å². The summed E-state index contributed by atoms with van der Waals surface area (Å²) in [6, 6.07) is 16.1. The largest absolute Gasteiger partial charge is 0.371 e. The van der Waals surface area contributed by atoms with Gasteiger partial charge in [-0.3, -0.25) is 9.48 Å². The number of carbonyl (C=O) groups is 1. The number of carbonyl (C=O) groups excluding carboxylic acids is 1. The summed E-state index contributed by atoms with van der Waals surface area (Å²) in [6.45, 7) is 8.06. The summed E-state index contributed by atoms with van der Waals surface area (Å²) in [5, 5.41) is 18.0. The molecule has 1 unspecified atom stereocenters. The van der Waals surface area contributed by atoms with Crippen LogP contribution in [0.3, 0.4) is 0 Å². The molecule has 3 aliphatic rings. The van der Waals surface area contributed by atoms with E-state index in [0.717, 1.165) is 70.5 Å². The molecule has 2 aromatic carbocycles. The van der Waals surface area contributed by atoms with Gasteiger partial charge in [-0.15, -0.1) is 0 Å². The van der Waals surface area contributed by atoms with Crippen LogP contribution in [0.25, 0.3) is 0 Å². The van der Waals surface area contributed by atoms with Crippen LogP contribution in [0.2, 0.25) is 0 Å². The van der Waals surface area contributed by atoms with Crippen LogP contribution in [0.1, 0.15) is 37.7 Å². The first-order chi connectivity index (χ1) is 22.1. The standard InChI is InChI=1S/C35H41FN6O3S/c1-3-34(43)39-33-9-5-8-32(33)35(24-37,27-6-4-7-28(36)18-27)26-14-16-41(17-15-26)20-25-21-42(22-25)29-10-12-30(13-11-29)46(44,45)31-19-38-40(2)23-31/h3-4,6-7,10-13,18-19,23,25-26,32-33H,1,5,8-9,14-17,20-22H2,2H3,(H,39,43)/t32-,33-,35?/m0/s1. The SMILES string of the molecule is C=CC(=O)N[C@H]1CCC[C@@H]1C(C#N)(c1cccc(F)c1)C1CCN(CC2CN(c3ccc(S(=O)(=O)c4cnn(C)c4)cc3)C2)CC1. The average molecular weight is 645 g/mol. The summed E-state index contributed by atoms with van der Waals surface area (Å²) in [7, 11) is -1.91. The number of benzene rings is 2. The van der Waals surface area contributed by atoms with Crippen LogP contribution in [0.4, 0.5) is 10.1 Å². The molecule has 2 saturated heterocycles. The van der Waals surface area contributed by atoms with Gasteiger partial charge in [0.05, 0.1) is 22.6 Å². The summed E-state index contributed by atoms with van der Waals surface area (Å²) in [4.78, 5) is 17.5. The van der Waals surface area contributed by atoms with E-state index >= 15 is 0 Å². The lowest BCUT2D eigenvalue weighted by atomic mass is 9.59. The molecule has 46 heavy (non-hydrogen) atoms. The number of piperidine rings is 1. The number of amides is 1. The quantitative estimate of drug-likeness (QED) is 0.324. The number of nitrogens with one attached hydrogen (secondary N) is 1. The van der Waals surface area contributed by atoms with Crippen molar-refractivity contribution >= 4 is 21.4 Å². The van der Waals surface area contributed by atoms with E-state index in [1.165, 1.54) is 35.3 Å². The van der Waals surface area contributed by atoms with Gasteiger partial charge in [-0.25, -0.2) is 12.8 Å². The Morgan fingerprint density at radius 2 is 1.87 bits per heavy atom. The van der Waals surface area contributed by atoms with Crippen molar-refractivity contribution in [2.75, 3.05) is 37.6 Å². The number of rotatable bonds is 10. The molecular formula is C35H41FN6O3S. The number of sulfone groups is 1. The molecule has 0 bridgehead atoms. The summed E-state index contributed by atoms with van der Waals surface area (Å²) in [6.07, 6.45) is 8.30. The molecule has 2 aliphatic heterocycles. The number of aryl methyl sites for hydroxylation is 1. The van der Waals surface area contributed by atoms with E-state index in [2.05, 4.69) is 32.9 Å². The topological polar surface area (TPSA) is 111 Å². The molecule has 3 fully saturated rings. The zero-order chi connectivity index (χ0) is 32.5. The third kappa shape index (κ3) is 6.08. The number of nitrogens with zero attached hydrogens (tertiary/aromatic N) is 5. The molecule has 1 amide bonds. The Morgan fingerprint density at radius 3 is 2.50 bits per heavy atom. The van der Waals surface area contributed by atoms with E-state index in [-0.39, 0.29) is 39.4 Å². The molecule has 1 saturated carbocycles. The highest BCUT2D eigenvalue weighted by Gasteiger charge is 2.52. The van der Waals surface area contributed by atoms with Gasteiger partial charge in [0, 0.05) is 56.4 Å². The van der Waals surface area contributed by atoms with Gasteiger partial charge in [0.2, 0.25) is 15.7 Å². The Morgan fingerprint density at radius 1 is 1.13 bits per heavy atom. The molecule has 3 heterocycles. The highest BCUT2D eigenvalue weighted by molar-refractivity contribution is 7.91. The van der Waals surface area contributed by atoms with Gasteiger partial charge in [0.15, 0.2) is 0 Å². The first-order valence-electron chi connectivity index (χ1n) is 16.1. The van der Waals surface area contributed by atoms with Crippen LogP contribution in [0, 0.1) is 34.9 Å². The summed E-state index contributed by atoms with van der Waals surface area (Å²) >= 11 is 0. The predicted octanol–water partition coefficient (Wildman–Crippen LogP) is 4.47. The molecule has 6 rings (SSSR count). The van der Waals surface area contributed by atoms with Crippen molar-refractivity contribution in [1.82, 2.24) is 20.0 Å². The Kier molecular flexibility index (Phi) is 9.03. The minimum Gasteiger partial charge on any atom is -0.371 e. The molecule has 0 radical (unpaired) electrons. The summed E-state index contributed by atoms with van der Waals surface area (Å²) < 4.78 is 41.8. The molecule has 0 spiro atoms. The number of likely N-dealkylation sites (tertiary alicyclic amines) is 1. The van der Waals surface area contributed by atoms with E-state index in [1.807, 2.05) is 18.2 Å². The average Bonchev–Trinajstić information content (AvgIpc) is 3.70. The van der Waals surface area contributed by atoms with Gasteiger partial charge in [0.25, 0.3) is 0 Å². The fourth-order valence-electron chi connectivity index (χ4n) is 8.00. The maximum Gasteiger partial charge on any atom is 0.243 e. The smallest absolute Gasteiger partial charge is 0.243 e. The van der Waals surface area contributed by atoms with Crippen LogP contribution in [0.5, 0.6) is 0 Å². The normalized spacial score (nSPS) is 22.5. The van der Waals surface area contributed by atoms with Crippen LogP contribution in [0.15, 0.2) is 83.4 Å². The fraction of sp³-hybridized carbons (Fsp3) is 0.457. The predicted molar refractivity (Wildman–Crippen MR) is 173 cm³/mol. The number of hydrogen-bond acceptors (Lipinski definition) is 7. The van der Waals surface area contributed by atoms with Crippen LogP contribution in [-0.2, 0) is 27.1 Å². The lowest BCUT2D eigenvalue weighted by Gasteiger charge is -2.48. The van der Waals surface area contributed by atoms with Crippen molar-refractivity contribution in [2.45, 2.75) is 53.4 Å². The Bertz CT molecular complexity index is 1720. The van der Waals surface area contributed by atoms with Gasteiger partial charge < -0.3 is 15.1 Å². The molecule has 3 atom stereocenters. The second-order valence-electron chi connectivity index (χ2n) is 13.0. The third-order valence-corrected chi connectivity index (χ3v) is 12.0. The van der Waals surface area contributed by atoms with Gasteiger partial charge in [-0.05, 0) is 92.7 Å². The maximum atomic E-state index is 14.6. The molecule has 242 valence electrons. The lowest BCUT2D eigenvalue weighted by molar-refractivity contribution is -0.117. The van der Waals surface area contributed by atoms with Crippen molar-refractivity contribution in [1.29, 1.82) is 5.26 Å². The van der Waals surface area contributed by atoms with Gasteiger partial charge >= 0.3 is 0 Å². The van der Waals surface area contributed by atoms with Gasteiger partial charge in [-0.1, -0.05) is 25.1 Å². The number of nitriles is 1. The molecular weight excluding hydrogens is 603 g/mol. The van der Waals surface area contributed by atoms with E-state index in [1.54, 1.807) is 25.2 Å². The maximum absolute atomic E-state index is 14.6. The van der Waals surface area contributed by atoms with E-state index in [9.17, 15) is 22.9 Å². The van der Waals surface area contributed by atoms with Crippen molar-refractivity contribution in [3.8, 4) is 6.07 Å². The third-order valence-electron chi connectivity index (χ3n) is 10.3. The molecule has 11 heteroatoms. The number of halogens is 1. The van der Waals surface area contributed by atoms with Gasteiger partial charge in [-0.2, -0.15) is 10.4 Å². The minimum absolute atomic E-state index is 0.0427. The van der Waals surface area contributed by atoms with Crippen LogP contribution >= 0.6 is 0 Å². The number of anilines is 1. The van der Waals surface area contributed by atoms with Crippen molar-refractivity contribution < 1.29 is 17.6 Å². The Hall–Kier alpha value is -4.01. The highest BCUT2D eigenvalue weighted by atomic mass is 32.2. The summed E-state index contributed by atoms with van der Waals surface area (Å²) in [5.41, 5.74) is 0.823. The van der Waals surface area contributed by atoms with Crippen LogP contribution < -0.4 is 10.2 Å². The highest BCUT2D eigenvalue weighted by Crippen LogP contribution is 2.50. The number of hydrogen-bond donors (Lipinski definition) is 1. The van der Waals surface area contributed by atoms with Gasteiger partial charge in [0.1, 0.15) is 10.7 Å². The van der Waals surface area contributed by atoms with Crippen molar-refractivity contribution in [3.05, 3.63) is 85.0 Å². The molecule has 3 aromatic rings. The first-order valence-corrected chi connectivity index (χ1v) is 17.5. The summed E-state index contributed by atoms with van der Waals surface area (Å²) in [5.74, 6) is -0.156. The van der Waals surface area contributed by atoms with E-state index < -0.39 is 15.3 Å². The monoisotopic (exact) mass is 644 g/mol.